The summed E-state index contributed by atoms with van der Waals surface area (Å²) in [7, 11) is 0. The van der Waals surface area contributed by atoms with Crippen molar-refractivity contribution in [2.75, 3.05) is 18.2 Å². The molecule has 0 aliphatic carbocycles. The van der Waals surface area contributed by atoms with Gasteiger partial charge in [-0.25, -0.2) is 0 Å². The summed E-state index contributed by atoms with van der Waals surface area (Å²) >= 11 is 1.62. The van der Waals surface area contributed by atoms with Gasteiger partial charge in [0, 0.05) is 17.9 Å². The summed E-state index contributed by atoms with van der Waals surface area (Å²) in [4.78, 5) is 26.1. The van der Waals surface area contributed by atoms with E-state index < -0.39 is 0 Å². The van der Waals surface area contributed by atoms with Gasteiger partial charge >= 0.3 is 0 Å². The van der Waals surface area contributed by atoms with Crippen molar-refractivity contribution in [1.82, 2.24) is 10.2 Å². The van der Waals surface area contributed by atoms with Gasteiger partial charge in [-0.3, -0.25) is 9.59 Å². The largest absolute Gasteiger partial charge is 0.354 e. The van der Waals surface area contributed by atoms with Gasteiger partial charge in [-0.05, 0) is 18.6 Å². The molecule has 1 N–H and O–H groups in total. The minimum atomic E-state index is -0.343. The summed E-state index contributed by atoms with van der Waals surface area (Å²) in [5.41, 5.74) is 0.637. The van der Waals surface area contributed by atoms with Crippen LogP contribution in [-0.2, 0) is 4.79 Å². The maximum absolute atomic E-state index is 12.4. The molecule has 19 heavy (non-hydrogen) atoms. The molecule has 4 nitrogen and oxygen atoms in total. The van der Waals surface area contributed by atoms with Crippen LogP contribution in [0.3, 0.4) is 0 Å². The molecule has 1 saturated heterocycles. The quantitative estimate of drug-likeness (QED) is 0.912. The predicted octanol–water partition coefficient (Wildman–Crippen LogP) is 1.73. The second-order valence-electron chi connectivity index (χ2n) is 4.45. The van der Waals surface area contributed by atoms with Gasteiger partial charge in [0.2, 0.25) is 5.91 Å². The Kier molecular flexibility index (Phi) is 4.85. The zero-order valence-corrected chi connectivity index (χ0v) is 11.8. The van der Waals surface area contributed by atoms with Gasteiger partial charge in [0.1, 0.15) is 6.04 Å². The van der Waals surface area contributed by atoms with Crippen molar-refractivity contribution < 1.29 is 9.59 Å². The molecule has 5 heteroatoms. The van der Waals surface area contributed by atoms with Crippen LogP contribution in [0.5, 0.6) is 0 Å². The highest BCUT2D eigenvalue weighted by Crippen LogP contribution is 2.23. The monoisotopic (exact) mass is 278 g/mol. The average molecular weight is 278 g/mol. The number of hydrogen-bond donors (Lipinski definition) is 1. The molecule has 0 aromatic heterocycles. The lowest BCUT2D eigenvalue weighted by molar-refractivity contribution is -0.124. The molecule has 1 heterocycles. The molecule has 0 saturated carbocycles. The molecule has 1 aliphatic rings. The molecule has 2 amide bonds. The zero-order valence-electron chi connectivity index (χ0n) is 11.0. The molecule has 1 aromatic carbocycles. The van der Waals surface area contributed by atoms with Crippen LogP contribution in [0.1, 0.15) is 23.7 Å². The maximum Gasteiger partial charge on any atom is 0.255 e. The van der Waals surface area contributed by atoms with Crippen molar-refractivity contribution in [2.24, 2.45) is 0 Å². The van der Waals surface area contributed by atoms with E-state index in [0.29, 0.717) is 23.7 Å². The molecule has 1 aliphatic heterocycles. The summed E-state index contributed by atoms with van der Waals surface area (Å²) in [5.74, 6) is 1.14. The third kappa shape index (κ3) is 3.29. The molecule has 1 fully saturated rings. The minimum absolute atomic E-state index is 0.0452. The highest BCUT2D eigenvalue weighted by Gasteiger charge is 2.34. The number of carbonyl (C=O) groups is 2. The molecule has 1 aromatic rings. The molecule has 1 atom stereocenters. The summed E-state index contributed by atoms with van der Waals surface area (Å²) in [6, 6.07) is 8.77. The van der Waals surface area contributed by atoms with E-state index in [1.165, 1.54) is 0 Å². The first-order valence-electron chi connectivity index (χ1n) is 6.45. The SMILES string of the molecule is CCCNC(=O)[C@H]1CSCN1C(=O)c1ccccc1. The molecular formula is C14H18N2O2S. The Hall–Kier alpha value is -1.49. The Morgan fingerprint density at radius 2 is 2.11 bits per heavy atom. The first-order chi connectivity index (χ1) is 9.24. The molecular weight excluding hydrogens is 260 g/mol. The van der Waals surface area contributed by atoms with Gasteiger partial charge in [0.05, 0.1) is 5.88 Å². The average Bonchev–Trinajstić information content (AvgIpc) is 2.94. The number of benzene rings is 1. The Morgan fingerprint density at radius 1 is 1.37 bits per heavy atom. The smallest absolute Gasteiger partial charge is 0.255 e. The van der Waals surface area contributed by atoms with Gasteiger partial charge in [-0.1, -0.05) is 25.1 Å². The topological polar surface area (TPSA) is 49.4 Å². The lowest BCUT2D eigenvalue weighted by Crippen LogP contribution is -2.47. The summed E-state index contributed by atoms with van der Waals surface area (Å²) in [6.45, 7) is 2.67. The molecule has 102 valence electrons. The first kappa shape index (κ1) is 13.9. The van der Waals surface area contributed by atoms with Crippen molar-refractivity contribution in [3.63, 3.8) is 0 Å². The van der Waals surface area contributed by atoms with E-state index in [1.807, 2.05) is 25.1 Å². The van der Waals surface area contributed by atoms with Crippen LogP contribution in [0.2, 0.25) is 0 Å². The molecule has 0 unspecified atom stereocenters. The van der Waals surface area contributed by atoms with Crippen LogP contribution >= 0.6 is 11.8 Å². The highest BCUT2D eigenvalue weighted by molar-refractivity contribution is 7.99. The van der Waals surface area contributed by atoms with Gasteiger partial charge in [0.15, 0.2) is 0 Å². The van der Waals surface area contributed by atoms with Gasteiger partial charge < -0.3 is 10.2 Å². The van der Waals surface area contributed by atoms with Gasteiger partial charge in [-0.15, -0.1) is 11.8 Å². The van der Waals surface area contributed by atoms with E-state index >= 15 is 0 Å². The van der Waals surface area contributed by atoms with Gasteiger partial charge in [0.25, 0.3) is 5.91 Å². The van der Waals surface area contributed by atoms with E-state index in [-0.39, 0.29) is 17.9 Å². The number of amides is 2. The number of nitrogens with one attached hydrogen (secondary N) is 1. The summed E-state index contributed by atoms with van der Waals surface area (Å²) in [5, 5.41) is 2.86. The van der Waals surface area contributed by atoms with Crippen molar-refractivity contribution in [2.45, 2.75) is 19.4 Å². The first-order valence-corrected chi connectivity index (χ1v) is 7.61. The van der Waals surface area contributed by atoms with Crippen LogP contribution in [0.4, 0.5) is 0 Å². The highest BCUT2D eigenvalue weighted by atomic mass is 32.2. The predicted molar refractivity (Wildman–Crippen MR) is 77.0 cm³/mol. The number of rotatable bonds is 4. The van der Waals surface area contributed by atoms with Crippen molar-refractivity contribution >= 4 is 23.6 Å². The second kappa shape index (κ2) is 6.61. The van der Waals surface area contributed by atoms with E-state index in [4.69, 9.17) is 0 Å². The molecule has 0 spiro atoms. The molecule has 0 bridgehead atoms. The van der Waals surface area contributed by atoms with E-state index in [9.17, 15) is 9.59 Å². The van der Waals surface area contributed by atoms with Crippen molar-refractivity contribution in [3.8, 4) is 0 Å². The third-order valence-electron chi connectivity index (χ3n) is 3.02. The van der Waals surface area contributed by atoms with Crippen LogP contribution < -0.4 is 5.32 Å². The summed E-state index contributed by atoms with van der Waals surface area (Å²) in [6.07, 6.45) is 0.901. The Bertz CT molecular complexity index is 450. The standard InChI is InChI=1S/C14H18N2O2S/c1-2-8-15-13(17)12-9-19-10-16(12)14(18)11-6-4-3-5-7-11/h3-7,12H,2,8-10H2,1H3,(H,15,17)/t12-/m1/s1. The Morgan fingerprint density at radius 3 is 2.79 bits per heavy atom. The van der Waals surface area contributed by atoms with Crippen LogP contribution in [-0.4, -0.2) is 40.9 Å². The van der Waals surface area contributed by atoms with Crippen molar-refractivity contribution in [1.29, 1.82) is 0 Å². The molecule has 0 radical (unpaired) electrons. The van der Waals surface area contributed by atoms with E-state index in [2.05, 4.69) is 5.32 Å². The van der Waals surface area contributed by atoms with E-state index in [1.54, 1.807) is 28.8 Å². The maximum atomic E-state index is 12.4. The minimum Gasteiger partial charge on any atom is -0.354 e. The van der Waals surface area contributed by atoms with Gasteiger partial charge in [-0.2, -0.15) is 0 Å². The lowest BCUT2D eigenvalue weighted by Gasteiger charge is -2.23. The Balaban J connectivity index is 2.06. The summed E-state index contributed by atoms with van der Waals surface area (Å²) < 4.78 is 0. The number of hydrogen-bond acceptors (Lipinski definition) is 3. The lowest BCUT2D eigenvalue weighted by atomic mass is 10.1. The second-order valence-corrected chi connectivity index (χ2v) is 5.45. The third-order valence-corrected chi connectivity index (χ3v) is 4.03. The fraction of sp³-hybridized carbons (Fsp3) is 0.429. The zero-order chi connectivity index (χ0) is 13.7. The van der Waals surface area contributed by atoms with Crippen LogP contribution in [0.25, 0.3) is 0 Å². The Labute approximate surface area is 117 Å². The number of thioether (sulfide) groups is 1. The normalized spacial score (nSPS) is 18.4. The van der Waals surface area contributed by atoms with Crippen LogP contribution in [0, 0.1) is 0 Å². The fourth-order valence-electron chi connectivity index (χ4n) is 1.97. The molecule has 2 rings (SSSR count). The number of carbonyl (C=O) groups excluding carboxylic acids is 2. The number of nitrogens with zero attached hydrogens (tertiary/aromatic N) is 1. The fourth-order valence-corrected chi connectivity index (χ4v) is 3.13. The van der Waals surface area contributed by atoms with E-state index in [0.717, 1.165) is 6.42 Å². The van der Waals surface area contributed by atoms with Crippen molar-refractivity contribution in [3.05, 3.63) is 35.9 Å². The van der Waals surface area contributed by atoms with Crippen LogP contribution in [0.15, 0.2) is 30.3 Å².